The van der Waals surface area contributed by atoms with Crippen LogP contribution in [0.4, 0.5) is 5.69 Å². The van der Waals surface area contributed by atoms with Crippen molar-refractivity contribution in [3.63, 3.8) is 0 Å². The Hall–Kier alpha value is -3.10. The van der Waals surface area contributed by atoms with Crippen molar-refractivity contribution in [2.45, 2.75) is 33.7 Å². The lowest BCUT2D eigenvalue weighted by Gasteiger charge is -2.19. The molecule has 1 aliphatic rings. The number of nitrogens with zero attached hydrogens (tertiary/aromatic N) is 2. The zero-order valence-electron chi connectivity index (χ0n) is 17.9. The molecule has 166 valence electrons. The van der Waals surface area contributed by atoms with Gasteiger partial charge >= 0.3 is 11.9 Å². The van der Waals surface area contributed by atoms with Crippen LogP contribution in [0.1, 0.15) is 33.3 Å². The molecule has 1 heterocycles. The summed E-state index contributed by atoms with van der Waals surface area (Å²) < 4.78 is 10.3. The van der Waals surface area contributed by atoms with Gasteiger partial charge in [-0.3, -0.25) is 19.3 Å². The molecule has 0 radical (unpaired) electrons. The molecule has 1 amide bonds. The molecule has 0 saturated carbocycles. The summed E-state index contributed by atoms with van der Waals surface area (Å²) in [6, 6.07) is 11.6. The highest BCUT2D eigenvalue weighted by molar-refractivity contribution is 8.18. The Bertz CT molecular complexity index is 1130. The number of ether oxygens (including phenoxy) is 2. The molecule has 0 N–H and O–H groups in total. The molecular formula is C23H21ClN2O5S. The number of hydrogen-bond donors (Lipinski definition) is 0. The second-order valence-corrected chi connectivity index (χ2v) is 8.59. The predicted octanol–water partition coefficient (Wildman–Crippen LogP) is 5.20. The Morgan fingerprint density at radius 3 is 2.25 bits per heavy atom. The number of benzene rings is 2. The lowest BCUT2D eigenvalue weighted by Crippen LogP contribution is -2.35. The summed E-state index contributed by atoms with van der Waals surface area (Å²) in [7, 11) is 0. The van der Waals surface area contributed by atoms with Crippen molar-refractivity contribution in [3.05, 3.63) is 58.0 Å². The van der Waals surface area contributed by atoms with E-state index in [1.165, 1.54) is 37.7 Å². The first-order valence-electron chi connectivity index (χ1n) is 9.72. The molecule has 2 aromatic carbocycles. The van der Waals surface area contributed by atoms with Crippen molar-refractivity contribution in [2.75, 3.05) is 0 Å². The van der Waals surface area contributed by atoms with E-state index in [0.717, 1.165) is 0 Å². The van der Waals surface area contributed by atoms with Gasteiger partial charge in [0.15, 0.2) is 16.7 Å². The van der Waals surface area contributed by atoms with E-state index in [0.29, 0.717) is 26.3 Å². The minimum atomic E-state index is -0.558. The fourth-order valence-corrected chi connectivity index (χ4v) is 4.13. The molecule has 32 heavy (non-hydrogen) atoms. The fraction of sp³-hybridized carbons (Fsp3) is 0.217. The molecule has 7 nitrogen and oxygen atoms in total. The summed E-state index contributed by atoms with van der Waals surface area (Å²) in [6.45, 7) is 6.32. The quantitative estimate of drug-likeness (QED) is 0.337. The van der Waals surface area contributed by atoms with E-state index in [9.17, 15) is 14.4 Å². The lowest BCUT2D eigenvalue weighted by molar-refractivity contribution is -0.134. The van der Waals surface area contributed by atoms with Gasteiger partial charge in [0.25, 0.3) is 5.91 Å². The van der Waals surface area contributed by atoms with Crippen LogP contribution in [0, 0.1) is 0 Å². The number of amides is 1. The molecule has 9 heteroatoms. The molecule has 0 bridgehead atoms. The van der Waals surface area contributed by atoms with E-state index in [-0.39, 0.29) is 23.4 Å². The zero-order valence-corrected chi connectivity index (χ0v) is 19.5. The highest BCUT2D eigenvalue weighted by Gasteiger charge is 2.35. The molecule has 3 rings (SSSR count). The highest BCUT2D eigenvalue weighted by Crippen LogP contribution is 2.37. The monoisotopic (exact) mass is 472 g/mol. The second-order valence-electron chi connectivity index (χ2n) is 7.14. The van der Waals surface area contributed by atoms with Crippen LogP contribution < -0.4 is 9.47 Å². The number of carbonyl (C=O) groups is 3. The van der Waals surface area contributed by atoms with Crippen molar-refractivity contribution in [1.29, 1.82) is 0 Å². The maximum atomic E-state index is 13.1. The summed E-state index contributed by atoms with van der Waals surface area (Å²) in [5, 5.41) is 1.15. The predicted molar refractivity (Wildman–Crippen MR) is 125 cm³/mol. The number of halogens is 1. The van der Waals surface area contributed by atoms with Crippen molar-refractivity contribution in [2.24, 2.45) is 4.99 Å². The first-order valence-corrected chi connectivity index (χ1v) is 10.9. The summed E-state index contributed by atoms with van der Waals surface area (Å²) in [6.07, 6.45) is 1.68. The minimum Gasteiger partial charge on any atom is -0.423 e. The average molecular weight is 473 g/mol. The topological polar surface area (TPSA) is 85.3 Å². The first kappa shape index (κ1) is 23.6. The van der Waals surface area contributed by atoms with Crippen LogP contribution in [0.15, 0.2) is 52.4 Å². The van der Waals surface area contributed by atoms with Gasteiger partial charge in [0.1, 0.15) is 0 Å². The maximum absolute atomic E-state index is 13.1. The van der Waals surface area contributed by atoms with Crippen molar-refractivity contribution < 1.29 is 23.9 Å². The number of hydrogen-bond acceptors (Lipinski definition) is 7. The van der Waals surface area contributed by atoms with Gasteiger partial charge in [-0.2, -0.15) is 0 Å². The van der Waals surface area contributed by atoms with E-state index in [1.54, 1.807) is 41.3 Å². The number of esters is 2. The smallest absolute Gasteiger partial charge is 0.308 e. The van der Waals surface area contributed by atoms with Crippen LogP contribution in [0.25, 0.3) is 6.08 Å². The van der Waals surface area contributed by atoms with Crippen molar-refractivity contribution in [3.8, 4) is 11.5 Å². The third-order valence-electron chi connectivity index (χ3n) is 4.18. The summed E-state index contributed by atoms with van der Waals surface area (Å²) in [4.78, 5) is 42.5. The Morgan fingerprint density at radius 1 is 1.03 bits per heavy atom. The van der Waals surface area contributed by atoms with Gasteiger partial charge in [-0.1, -0.05) is 17.7 Å². The molecule has 0 atom stereocenters. The molecule has 0 aromatic heterocycles. The minimum absolute atomic E-state index is 0.0910. The first-order chi connectivity index (χ1) is 15.1. The zero-order chi connectivity index (χ0) is 23.4. The van der Waals surface area contributed by atoms with Crippen LogP contribution in [0.2, 0.25) is 5.02 Å². The number of rotatable bonds is 5. The van der Waals surface area contributed by atoms with E-state index in [1.807, 2.05) is 13.8 Å². The summed E-state index contributed by atoms with van der Waals surface area (Å²) >= 11 is 7.19. The summed E-state index contributed by atoms with van der Waals surface area (Å²) in [5.74, 6) is -1.07. The standard InChI is InChI=1S/C23H21ClN2O5S/c1-13(2)26-22(29)21(32-23(26)25-18-8-6-17(24)7-9-18)12-16-5-10-19(30-14(3)27)20(11-16)31-15(4)28/h5-13H,1-4H3/b21-12+,25-23?. The van der Waals surface area contributed by atoms with Crippen LogP contribution in [-0.2, 0) is 14.4 Å². The third-order valence-corrected chi connectivity index (χ3v) is 5.41. The maximum Gasteiger partial charge on any atom is 0.308 e. The van der Waals surface area contributed by atoms with Gasteiger partial charge in [0, 0.05) is 24.9 Å². The fourth-order valence-electron chi connectivity index (χ4n) is 2.89. The van der Waals surface area contributed by atoms with E-state index in [4.69, 9.17) is 21.1 Å². The van der Waals surface area contributed by atoms with Crippen LogP contribution in [-0.4, -0.2) is 34.0 Å². The van der Waals surface area contributed by atoms with Crippen molar-refractivity contribution in [1.82, 2.24) is 4.90 Å². The summed E-state index contributed by atoms with van der Waals surface area (Å²) in [5.41, 5.74) is 1.28. The molecular weight excluding hydrogens is 452 g/mol. The largest absolute Gasteiger partial charge is 0.423 e. The SMILES string of the molecule is CC(=O)Oc1ccc(/C=C2/SC(=Nc3ccc(Cl)cc3)N(C(C)C)C2=O)cc1OC(C)=O. The van der Waals surface area contributed by atoms with E-state index >= 15 is 0 Å². The van der Waals surface area contributed by atoms with Gasteiger partial charge in [0.05, 0.1) is 10.6 Å². The molecule has 2 aromatic rings. The average Bonchev–Trinajstić information content (AvgIpc) is 3.00. The van der Waals surface area contributed by atoms with Gasteiger partial charge < -0.3 is 9.47 Å². The van der Waals surface area contributed by atoms with E-state index < -0.39 is 11.9 Å². The molecule has 0 spiro atoms. The number of amidine groups is 1. The number of carbonyl (C=O) groups excluding carboxylic acids is 3. The Balaban J connectivity index is 1.97. The Morgan fingerprint density at radius 2 is 1.66 bits per heavy atom. The van der Waals surface area contributed by atoms with Crippen LogP contribution >= 0.6 is 23.4 Å². The number of thioether (sulfide) groups is 1. The van der Waals surface area contributed by atoms with Gasteiger partial charge in [-0.05, 0) is 73.6 Å². The van der Waals surface area contributed by atoms with E-state index in [2.05, 4.69) is 4.99 Å². The highest BCUT2D eigenvalue weighted by atomic mass is 35.5. The van der Waals surface area contributed by atoms with Gasteiger partial charge in [-0.25, -0.2) is 4.99 Å². The second kappa shape index (κ2) is 10.0. The molecule has 0 unspecified atom stereocenters. The van der Waals surface area contributed by atoms with Crippen molar-refractivity contribution >= 4 is 58.1 Å². The third kappa shape index (κ3) is 5.77. The molecule has 0 aliphatic carbocycles. The Kier molecular flexibility index (Phi) is 7.37. The Labute approximate surface area is 195 Å². The molecule has 1 saturated heterocycles. The lowest BCUT2D eigenvalue weighted by atomic mass is 10.1. The van der Waals surface area contributed by atoms with Gasteiger partial charge in [0.2, 0.25) is 0 Å². The van der Waals surface area contributed by atoms with Crippen LogP contribution in [0.5, 0.6) is 11.5 Å². The normalized spacial score (nSPS) is 16.2. The number of aliphatic imine (C=N–C) groups is 1. The molecule has 1 aliphatic heterocycles. The molecule has 1 fully saturated rings. The van der Waals surface area contributed by atoms with Crippen LogP contribution in [0.3, 0.4) is 0 Å². The van der Waals surface area contributed by atoms with Gasteiger partial charge in [-0.15, -0.1) is 0 Å².